The van der Waals surface area contributed by atoms with Gasteiger partial charge < -0.3 is 73.7 Å². The molecule has 20 aromatic rings. The lowest BCUT2D eigenvalue weighted by molar-refractivity contribution is 0.102. The topological polar surface area (TPSA) is 486 Å². The minimum atomic E-state index is -0.294. The van der Waals surface area contributed by atoms with Crippen LogP contribution in [0.3, 0.4) is 0 Å². The van der Waals surface area contributed by atoms with Gasteiger partial charge >= 0.3 is 0 Å². The van der Waals surface area contributed by atoms with E-state index in [-0.39, 0.29) is 17.1 Å². The lowest BCUT2D eigenvalue weighted by atomic mass is 9.87. The molecular formula is C89H88ClN29O8. The summed E-state index contributed by atoms with van der Waals surface area (Å²) in [5.41, 5.74) is 13.0. The highest BCUT2D eigenvalue weighted by Gasteiger charge is 2.19. The molecule has 0 saturated heterocycles. The van der Waals surface area contributed by atoms with Crippen LogP contribution in [-0.4, -0.2) is 164 Å². The van der Waals surface area contributed by atoms with Gasteiger partial charge in [0.25, 0.3) is 5.91 Å². The molecule has 0 saturated carbocycles. The second-order valence-electron chi connectivity index (χ2n) is 29.2. The Bertz CT molecular complexity index is 6860. The van der Waals surface area contributed by atoms with Gasteiger partial charge in [-0.25, -0.2) is 74.8 Å². The largest absolute Gasteiger partial charge is 0.508 e. The summed E-state index contributed by atoms with van der Waals surface area (Å²) in [4.78, 5) is 118. The molecule has 0 bridgehead atoms. The molecule has 127 heavy (non-hydrogen) atoms. The molecule has 1 amide bonds. The van der Waals surface area contributed by atoms with Crippen molar-refractivity contribution in [1.29, 1.82) is 0 Å². The Labute approximate surface area is 729 Å². The van der Waals surface area contributed by atoms with E-state index < -0.39 is 0 Å². The molecule has 38 heteroatoms. The minimum absolute atomic E-state index is 0.129. The van der Waals surface area contributed by atoms with Crippen molar-refractivity contribution in [1.82, 2.24) is 140 Å². The third-order valence-electron chi connectivity index (χ3n) is 19.3. The molecule has 0 fully saturated rings. The van der Waals surface area contributed by atoms with Crippen LogP contribution in [0.15, 0.2) is 234 Å². The summed E-state index contributed by atoms with van der Waals surface area (Å²) >= 11 is 5.85. The van der Waals surface area contributed by atoms with E-state index >= 15 is 0 Å². The number of ether oxygens (including phenoxy) is 6. The van der Waals surface area contributed by atoms with Gasteiger partial charge in [0.1, 0.15) is 113 Å². The molecule has 0 spiro atoms. The van der Waals surface area contributed by atoms with Crippen molar-refractivity contribution in [3.8, 4) is 52.5 Å². The Morgan fingerprint density at radius 2 is 0.811 bits per heavy atom. The fourth-order valence-electron chi connectivity index (χ4n) is 12.1. The summed E-state index contributed by atoms with van der Waals surface area (Å²) in [5, 5.41) is 14.8. The first-order chi connectivity index (χ1) is 62.1. The zero-order chi connectivity index (χ0) is 88.1. The third kappa shape index (κ3) is 23.7. The van der Waals surface area contributed by atoms with Crippen molar-refractivity contribution in [3.63, 3.8) is 0 Å². The van der Waals surface area contributed by atoms with Crippen LogP contribution in [0.25, 0.3) is 88.9 Å². The number of phenols is 1. The zero-order valence-corrected chi connectivity index (χ0v) is 70.8. The van der Waals surface area contributed by atoms with Crippen LogP contribution in [0.1, 0.15) is 108 Å². The summed E-state index contributed by atoms with van der Waals surface area (Å²) in [5.74, 6) is 6.05. The Morgan fingerprint density at radius 1 is 0.402 bits per heavy atom. The number of hydrogen-bond acceptors (Lipinski definition) is 29. The van der Waals surface area contributed by atoms with Crippen molar-refractivity contribution < 1.29 is 38.3 Å². The van der Waals surface area contributed by atoms with Gasteiger partial charge in [-0.2, -0.15) is 29.9 Å². The number of rotatable bonds is 23. The monoisotopic (exact) mass is 1730 g/mol. The van der Waals surface area contributed by atoms with Gasteiger partial charge in [-0.05, 0) is 112 Å². The number of aromatic amines is 7. The number of nitrogens with one attached hydrogen (secondary N) is 8. The second kappa shape index (κ2) is 43.0. The highest BCUT2D eigenvalue weighted by Crippen LogP contribution is 2.31. The van der Waals surface area contributed by atoms with E-state index in [9.17, 15) is 9.90 Å². The average Bonchev–Trinajstić information content (AvgIpc) is 1.78. The summed E-state index contributed by atoms with van der Waals surface area (Å²) in [6, 6.07) is 45.5. The second-order valence-corrected chi connectivity index (χ2v) is 29.7. The number of unbranched alkanes of at least 4 members (excludes halogenated alkanes) is 1. The molecule has 2 atom stereocenters. The van der Waals surface area contributed by atoms with Crippen LogP contribution in [0, 0.1) is 11.8 Å². The summed E-state index contributed by atoms with van der Waals surface area (Å²) in [6.45, 7) is 17.4. The highest BCUT2D eigenvalue weighted by molar-refractivity contribution is 6.31. The lowest BCUT2D eigenvalue weighted by Gasteiger charge is -2.19. The first-order valence-electron chi connectivity index (χ1n) is 40.4. The number of carbonyl (C=O) groups excluding carboxylic acids is 1. The zero-order valence-electron chi connectivity index (χ0n) is 70.0. The van der Waals surface area contributed by atoms with Crippen molar-refractivity contribution in [2.75, 3.05) is 18.5 Å². The van der Waals surface area contributed by atoms with E-state index in [1.165, 1.54) is 86.2 Å². The number of amides is 1. The first kappa shape index (κ1) is 87.1. The molecule has 0 radical (unpaired) electrons. The number of anilines is 1. The molecule has 14 aromatic heterocycles. The molecule has 644 valence electrons. The van der Waals surface area contributed by atoms with E-state index in [0.717, 1.165) is 52.0 Å². The van der Waals surface area contributed by atoms with Gasteiger partial charge in [-0.3, -0.25) is 4.79 Å². The first-order valence-corrected chi connectivity index (χ1v) is 40.8. The van der Waals surface area contributed by atoms with E-state index in [1.54, 1.807) is 86.5 Å². The molecule has 0 aliphatic carbocycles. The number of para-hydroxylation sites is 1. The maximum absolute atomic E-state index is 12.1. The Morgan fingerprint density at radius 3 is 1.28 bits per heavy atom. The van der Waals surface area contributed by atoms with Gasteiger partial charge in [-0.15, -0.1) is 0 Å². The van der Waals surface area contributed by atoms with Gasteiger partial charge in [0.15, 0.2) is 45.3 Å². The van der Waals surface area contributed by atoms with Gasteiger partial charge in [-0.1, -0.05) is 171 Å². The SMILES string of the molecule is CC(C)(C)c1ccc(Oc2ncnc3nc[nH]c23)cc1.CCC(C)COc1ncnc2nc[nH]c12.CCCCC(CC)COc1ncnc2nc[nH]c12.O=C(Nc1ncnc2nc[nH]c12)c1cccc(Cl)c1.Oc1ccc(COc2ncnc3nc[nH]c23)cc1.c1ccc(Oc2ncnc3nc[nH]c23)cc1.c1ccc2cc(COc3ncnc4nc[nH]c34)ccc2c1. The number of benzene rings is 6. The van der Waals surface area contributed by atoms with Crippen LogP contribution < -0.4 is 33.7 Å². The quantitative estimate of drug-likeness (QED) is 0.0287. The minimum Gasteiger partial charge on any atom is -0.508 e. The van der Waals surface area contributed by atoms with Crippen LogP contribution >= 0.6 is 11.6 Å². The molecule has 2 unspecified atom stereocenters. The van der Waals surface area contributed by atoms with Gasteiger partial charge in [0.2, 0.25) is 35.3 Å². The van der Waals surface area contributed by atoms with Crippen LogP contribution in [0.5, 0.6) is 52.5 Å². The normalized spacial score (nSPS) is 11.4. The number of halogens is 1. The fraction of sp³-hybridized carbons (Fsp3) is 0.213. The smallest absolute Gasteiger partial charge is 0.256 e. The summed E-state index contributed by atoms with van der Waals surface area (Å²) in [6.07, 6.45) is 27.0. The standard InChI is InChI=1S/C16H12N4O.C15H16N4O.C13H20N4O.C12H8ClN5O.C12H10N4O2.C11H8N4O.C10H14N4O/c1-2-4-13-7-11(5-6-12(13)3-1)8-21-16-14-15(18-9-17-14)19-10-20-16;1-15(2,3)10-4-6-11(7-5-10)20-14-12-13(17-8-16-12)18-9-19-14;1-3-5-6-10(4-2)7-18-13-11-12(15-8-14-11)16-9-17-13;13-8-3-1-2-7(4-8)12(19)18-11-9-10(15-5-14-9)16-6-17-11;17-9-3-1-8(2-4-9)5-18-12-10-11(14-6-13-10)15-7-16-12;1-2-4-8(5-3-1)16-11-9-10(13-6-12-9)14-7-15-11;1-3-7(2)4-15-10-8-9(12-5-11-8)13-6-14-10/h1-7,9-10H,8H2,(H,17,18,19,20);4-9H,1-3H3,(H,16,17,18,19);8-10H,3-7H2,1-2H3,(H,14,15,16,17);1-6H,(H2,14,15,16,17,18,19);1-4,6-7,17H,5H2,(H,13,14,15,16);1-7H,(H,12,13,14,15);5-7H,3-4H2,1-2H3,(H,11,12,13,14). The highest BCUT2D eigenvalue weighted by atomic mass is 35.5. The number of phenolic OH excluding ortho intramolecular Hbond substituents is 1. The third-order valence-corrected chi connectivity index (χ3v) is 19.5. The van der Waals surface area contributed by atoms with Crippen molar-refractivity contribution in [3.05, 3.63) is 261 Å². The number of aromatic nitrogens is 28. The maximum atomic E-state index is 12.1. The average molecular weight is 1730 g/mol. The summed E-state index contributed by atoms with van der Waals surface area (Å²) < 4.78 is 34.2. The molecular weight excluding hydrogens is 1640 g/mol. The maximum Gasteiger partial charge on any atom is 0.256 e. The molecule has 6 aromatic carbocycles. The molecule has 0 aliphatic rings. The van der Waals surface area contributed by atoms with Crippen molar-refractivity contribution in [2.45, 2.75) is 99.2 Å². The molecule has 37 nitrogen and oxygen atoms in total. The van der Waals surface area contributed by atoms with Crippen LogP contribution in [0.2, 0.25) is 5.02 Å². The number of hydrogen-bond donors (Lipinski definition) is 9. The number of carbonyl (C=O) groups is 1. The van der Waals surface area contributed by atoms with Crippen LogP contribution in [0.4, 0.5) is 5.82 Å². The number of fused-ring (bicyclic) bond motifs is 8. The number of imidazole rings is 7. The Balaban J connectivity index is 0.000000120. The summed E-state index contributed by atoms with van der Waals surface area (Å²) in [7, 11) is 0. The molecule has 20 rings (SSSR count). The van der Waals surface area contributed by atoms with Gasteiger partial charge in [0.05, 0.1) is 57.5 Å². The predicted octanol–water partition coefficient (Wildman–Crippen LogP) is 17.3. The van der Waals surface area contributed by atoms with E-state index in [4.69, 9.17) is 40.0 Å². The fourth-order valence-corrected chi connectivity index (χ4v) is 12.3. The molecule has 0 aliphatic heterocycles. The molecule has 9 N–H and O–H groups in total. The van der Waals surface area contributed by atoms with E-state index in [0.29, 0.717) is 152 Å². The van der Waals surface area contributed by atoms with Crippen molar-refractivity contribution >= 4 is 112 Å². The number of aromatic hydroxyl groups is 1. The van der Waals surface area contributed by atoms with Gasteiger partial charge in [0, 0.05) is 10.6 Å². The Hall–Kier alpha value is -16.2. The van der Waals surface area contributed by atoms with E-state index in [2.05, 4.69) is 236 Å². The van der Waals surface area contributed by atoms with Crippen molar-refractivity contribution in [2.24, 2.45) is 11.8 Å². The Kier molecular flexibility index (Phi) is 29.5. The lowest BCUT2D eigenvalue weighted by Crippen LogP contribution is -2.13. The number of H-pyrrole nitrogens is 7. The van der Waals surface area contributed by atoms with Crippen LogP contribution in [-0.2, 0) is 18.6 Å². The van der Waals surface area contributed by atoms with E-state index in [1.807, 2.05) is 54.6 Å². The molecule has 14 heterocycles. The predicted molar refractivity (Wildman–Crippen MR) is 477 cm³/mol. The number of nitrogens with zero attached hydrogens (tertiary/aromatic N) is 21.